The Morgan fingerprint density at radius 2 is 1.90 bits per heavy atom. The van der Waals surface area contributed by atoms with E-state index in [9.17, 15) is 10.1 Å². The Hall–Kier alpha value is -1.42. The zero-order valence-electron chi connectivity index (χ0n) is 12.2. The highest BCUT2D eigenvalue weighted by atomic mass is 16.6. The summed E-state index contributed by atoms with van der Waals surface area (Å²) in [6.07, 6.45) is 7.77. The summed E-state index contributed by atoms with van der Waals surface area (Å²) in [5, 5.41) is 14.2. The summed E-state index contributed by atoms with van der Waals surface area (Å²) in [6.45, 7) is 3.22. The molecule has 0 amide bonds. The minimum absolute atomic E-state index is 0.164. The second-order valence-electron chi connectivity index (χ2n) is 5.81. The molecule has 1 aromatic rings. The Morgan fingerprint density at radius 3 is 2.50 bits per heavy atom. The van der Waals surface area contributed by atoms with E-state index < -0.39 is 0 Å². The second kappa shape index (κ2) is 7.39. The first kappa shape index (κ1) is 15.0. The molecule has 0 spiro atoms. The Labute approximate surface area is 120 Å². The molecule has 1 aliphatic rings. The minimum atomic E-state index is -0.354. The first-order chi connectivity index (χ1) is 9.66. The highest BCUT2D eigenvalue weighted by Gasteiger charge is 2.19. The van der Waals surface area contributed by atoms with E-state index in [1.807, 2.05) is 12.1 Å². The van der Waals surface area contributed by atoms with Crippen molar-refractivity contribution in [2.75, 3.05) is 6.54 Å². The summed E-state index contributed by atoms with van der Waals surface area (Å²) in [6, 6.07) is 7.45. The third-order valence-corrected chi connectivity index (χ3v) is 4.38. The molecule has 4 nitrogen and oxygen atoms in total. The van der Waals surface area contributed by atoms with Crippen LogP contribution in [0.15, 0.2) is 24.3 Å². The molecule has 1 fully saturated rings. The summed E-state index contributed by atoms with van der Waals surface area (Å²) in [5.41, 5.74) is 1.32. The highest BCUT2D eigenvalue weighted by molar-refractivity contribution is 5.32. The topological polar surface area (TPSA) is 55.2 Å². The standard InChI is InChI=1S/C16H24N2O2/c1-13(15-5-3-2-4-6-15)17-12-11-14-7-9-16(10-8-14)18(19)20/h7-10,13,15,17H,2-6,11-12H2,1H3. The van der Waals surface area contributed by atoms with E-state index in [1.54, 1.807) is 12.1 Å². The van der Waals surface area contributed by atoms with Crippen molar-refractivity contribution >= 4 is 5.69 Å². The molecule has 1 unspecified atom stereocenters. The highest BCUT2D eigenvalue weighted by Crippen LogP contribution is 2.26. The molecule has 0 radical (unpaired) electrons. The van der Waals surface area contributed by atoms with E-state index in [2.05, 4.69) is 12.2 Å². The predicted molar refractivity (Wildman–Crippen MR) is 80.8 cm³/mol. The summed E-state index contributed by atoms with van der Waals surface area (Å²) in [4.78, 5) is 10.2. The lowest BCUT2D eigenvalue weighted by atomic mass is 9.84. The molecule has 1 saturated carbocycles. The van der Waals surface area contributed by atoms with Gasteiger partial charge in [0.25, 0.3) is 5.69 Å². The predicted octanol–water partition coefficient (Wildman–Crippen LogP) is 3.70. The van der Waals surface area contributed by atoms with Crippen molar-refractivity contribution in [3.05, 3.63) is 39.9 Å². The smallest absolute Gasteiger partial charge is 0.269 e. The fraction of sp³-hybridized carbons (Fsp3) is 0.625. The van der Waals surface area contributed by atoms with Gasteiger partial charge in [0.2, 0.25) is 0 Å². The SMILES string of the molecule is CC(NCCc1ccc([N+](=O)[O-])cc1)C1CCCCC1. The van der Waals surface area contributed by atoms with E-state index in [-0.39, 0.29) is 10.6 Å². The number of rotatable bonds is 6. The molecule has 20 heavy (non-hydrogen) atoms. The molecule has 4 heteroatoms. The van der Waals surface area contributed by atoms with Gasteiger partial charge in [0.15, 0.2) is 0 Å². The van der Waals surface area contributed by atoms with Crippen LogP contribution in [0.4, 0.5) is 5.69 Å². The van der Waals surface area contributed by atoms with Crippen LogP contribution in [0.5, 0.6) is 0 Å². The minimum Gasteiger partial charge on any atom is -0.314 e. The molecule has 1 N–H and O–H groups in total. The molecule has 1 atom stereocenters. The number of nitro groups is 1. The maximum Gasteiger partial charge on any atom is 0.269 e. The van der Waals surface area contributed by atoms with Crippen molar-refractivity contribution in [1.29, 1.82) is 0 Å². The Kier molecular flexibility index (Phi) is 5.53. The number of non-ortho nitro benzene ring substituents is 1. The monoisotopic (exact) mass is 276 g/mol. The quantitative estimate of drug-likeness (QED) is 0.636. The van der Waals surface area contributed by atoms with Gasteiger partial charge in [-0.25, -0.2) is 0 Å². The van der Waals surface area contributed by atoms with E-state index in [1.165, 1.54) is 32.1 Å². The van der Waals surface area contributed by atoms with Gasteiger partial charge >= 0.3 is 0 Å². The Bertz CT molecular complexity index is 425. The van der Waals surface area contributed by atoms with Crippen molar-refractivity contribution in [1.82, 2.24) is 5.32 Å². The second-order valence-corrected chi connectivity index (χ2v) is 5.81. The fourth-order valence-corrected chi connectivity index (χ4v) is 3.03. The van der Waals surface area contributed by atoms with Gasteiger partial charge in [-0.1, -0.05) is 31.4 Å². The molecule has 0 aromatic heterocycles. The van der Waals surface area contributed by atoms with Gasteiger partial charge in [0.1, 0.15) is 0 Å². The van der Waals surface area contributed by atoms with Crippen LogP contribution in [0.25, 0.3) is 0 Å². The zero-order valence-corrected chi connectivity index (χ0v) is 12.2. The van der Waals surface area contributed by atoms with Crippen LogP contribution in [0.3, 0.4) is 0 Å². The number of hydrogen-bond acceptors (Lipinski definition) is 3. The van der Waals surface area contributed by atoms with Crippen molar-refractivity contribution in [2.24, 2.45) is 5.92 Å². The number of nitrogens with zero attached hydrogens (tertiary/aromatic N) is 1. The summed E-state index contributed by atoms with van der Waals surface area (Å²) in [5.74, 6) is 0.820. The summed E-state index contributed by atoms with van der Waals surface area (Å²) in [7, 11) is 0. The molecule has 110 valence electrons. The molecular weight excluding hydrogens is 252 g/mol. The van der Waals surface area contributed by atoms with Gasteiger partial charge in [-0.05, 0) is 44.2 Å². The van der Waals surface area contributed by atoms with E-state index in [4.69, 9.17) is 0 Å². The van der Waals surface area contributed by atoms with Crippen molar-refractivity contribution < 1.29 is 4.92 Å². The number of nitrogens with one attached hydrogen (secondary N) is 1. The summed E-state index contributed by atoms with van der Waals surface area (Å²) < 4.78 is 0. The Morgan fingerprint density at radius 1 is 1.25 bits per heavy atom. The molecule has 1 aromatic carbocycles. The van der Waals surface area contributed by atoms with Crippen LogP contribution >= 0.6 is 0 Å². The van der Waals surface area contributed by atoms with Gasteiger partial charge < -0.3 is 5.32 Å². The number of hydrogen-bond donors (Lipinski definition) is 1. The van der Waals surface area contributed by atoms with Gasteiger partial charge in [-0.3, -0.25) is 10.1 Å². The first-order valence-corrected chi connectivity index (χ1v) is 7.63. The molecule has 0 aliphatic heterocycles. The van der Waals surface area contributed by atoms with Crippen molar-refractivity contribution in [2.45, 2.75) is 51.5 Å². The first-order valence-electron chi connectivity index (χ1n) is 7.63. The molecule has 1 aliphatic carbocycles. The molecular formula is C16H24N2O2. The fourth-order valence-electron chi connectivity index (χ4n) is 3.03. The molecule has 0 bridgehead atoms. The average molecular weight is 276 g/mol. The normalized spacial score (nSPS) is 17.9. The lowest BCUT2D eigenvalue weighted by molar-refractivity contribution is -0.384. The van der Waals surface area contributed by atoms with Crippen LogP contribution in [-0.2, 0) is 6.42 Å². The number of benzene rings is 1. The van der Waals surface area contributed by atoms with E-state index in [0.29, 0.717) is 6.04 Å². The molecule has 0 saturated heterocycles. The lowest BCUT2D eigenvalue weighted by Crippen LogP contribution is -2.35. The maximum atomic E-state index is 10.6. The van der Waals surface area contributed by atoms with Gasteiger partial charge in [-0.2, -0.15) is 0 Å². The maximum absolute atomic E-state index is 10.6. The zero-order chi connectivity index (χ0) is 14.4. The Balaban J connectivity index is 1.73. The van der Waals surface area contributed by atoms with Crippen molar-refractivity contribution in [3.63, 3.8) is 0 Å². The van der Waals surface area contributed by atoms with Gasteiger partial charge in [0, 0.05) is 18.2 Å². The largest absolute Gasteiger partial charge is 0.314 e. The van der Waals surface area contributed by atoms with Crippen molar-refractivity contribution in [3.8, 4) is 0 Å². The van der Waals surface area contributed by atoms with Crippen LogP contribution in [-0.4, -0.2) is 17.5 Å². The average Bonchev–Trinajstić information content (AvgIpc) is 2.48. The number of nitro benzene ring substituents is 1. The van der Waals surface area contributed by atoms with Gasteiger partial charge in [-0.15, -0.1) is 0 Å². The lowest BCUT2D eigenvalue weighted by Gasteiger charge is -2.28. The van der Waals surface area contributed by atoms with Gasteiger partial charge in [0.05, 0.1) is 4.92 Å². The van der Waals surface area contributed by atoms with E-state index in [0.717, 1.165) is 24.4 Å². The van der Waals surface area contributed by atoms with Crippen LogP contribution in [0, 0.1) is 16.0 Å². The van der Waals surface area contributed by atoms with Crippen LogP contribution in [0.1, 0.15) is 44.6 Å². The molecule has 0 heterocycles. The van der Waals surface area contributed by atoms with Crippen LogP contribution < -0.4 is 5.32 Å². The molecule has 2 rings (SSSR count). The van der Waals surface area contributed by atoms with Crippen LogP contribution in [0.2, 0.25) is 0 Å². The summed E-state index contributed by atoms with van der Waals surface area (Å²) >= 11 is 0. The third-order valence-electron chi connectivity index (χ3n) is 4.38. The van der Waals surface area contributed by atoms with E-state index >= 15 is 0 Å². The third kappa shape index (κ3) is 4.30.